The van der Waals surface area contributed by atoms with Gasteiger partial charge in [-0.3, -0.25) is 28.8 Å². The zero-order chi connectivity index (χ0) is 34.3. The van der Waals surface area contributed by atoms with Gasteiger partial charge in [0.15, 0.2) is 0 Å². The molecule has 2 bridgehead atoms. The lowest BCUT2D eigenvalue weighted by Gasteiger charge is -2.64. The van der Waals surface area contributed by atoms with Gasteiger partial charge in [-0.25, -0.2) is 0 Å². The minimum Gasteiger partial charge on any atom is -0.404 e. The van der Waals surface area contributed by atoms with Crippen molar-refractivity contribution in [1.29, 1.82) is 0 Å². The molecule has 2 aliphatic heterocycles. The maximum absolute atomic E-state index is 13.3. The minimum atomic E-state index is -1.42. The average Bonchev–Trinajstić information content (AvgIpc) is 3.59. The standard InChI is InChI=1S/C30H49BN6O9/c1-14(33-28(44)24(15(2)38)36-27(43)20-9-8-10-37(20)17(4)39)25(41)35-19(13-23(32)40)26(42)34-16(3)31-45-22-12-18-11-21(29(18,5)6)30(22,7)46-31/h14-16,18-22,24,38H,8-13H2,1-7H3,(H2,32,40)(H,33,44)(H,34,42)(H,35,41)(H,36,43)/t14-,15-,16-,18-,19-,20-,21-,22+,24-,30-/m0/s1. The van der Waals surface area contributed by atoms with Gasteiger partial charge in [0.1, 0.15) is 24.2 Å². The highest BCUT2D eigenvalue weighted by atomic mass is 16.7. The molecule has 0 unspecified atom stereocenters. The molecule has 5 rings (SSSR count). The van der Waals surface area contributed by atoms with Crippen LogP contribution in [0.4, 0.5) is 0 Å². The number of nitrogens with zero attached hydrogens (tertiary/aromatic N) is 1. The van der Waals surface area contributed by atoms with Crippen LogP contribution in [0.25, 0.3) is 0 Å². The molecule has 0 spiro atoms. The Labute approximate surface area is 269 Å². The second kappa shape index (κ2) is 13.5. The smallest absolute Gasteiger partial charge is 0.404 e. The van der Waals surface area contributed by atoms with E-state index in [1.165, 1.54) is 25.7 Å². The van der Waals surface area contributed by atoms with Crippen LogP contribution in [0, 0.1) is 17.3 Å². The van der Waals surface area contributed by atoms with Crippen LogP contribution in [-0.2, 0) is 38.1 Å². The lowest BCUT2D eigenvalue weighted by Crippen LogP contribution is -2.65. The molecule has 0 aromatic heterocycles. The predicted molar refractivity (Wildman–Crippen MR) is 165 cm³/mol. The van der Waals surface area contributed by atoms with Crippen molar-refractivity contribution in [1.82, 2.24) is 26.2 Å². The van der Waals surface area contributed by atoms with E-state index in [0.29, 0.717) is 31.2 Å². The zero-order valence-corrected chi connectivity index (χ0v) is 27.8. The number of amides is 6. The summed E-state index contributed by atoms with van der Waals surface area (Å²) in [5, 5.41) is 20.4. The Morgan fingerprint density at radius 2 is 1.65 bits per heavy atom. The summed E-state index contributed by atoms with van der Waals surface area (Å²) in [4.78, 5) is 77.3. The highest BCUT2D eigenvalue weighted by Crippen LogP contribution is 2.65. The van der Waals surface area contributed by atoms with Gasteiger partial charge in [0.2, 0.25) is 35.4 Å². The number of hydrogen-bond acceptors (Lipinski definition) is 9. The lowest BCUT2D eigenvalue weighted by molar-refractivity contribution is -0.199. The number of hydrogen-bond donors (Lipinski definition) is 6. The number of carbonyl (C=O) groups excluding carboxylic acids is 6. The summed E-state index contributed by atoms with van der Waals surface area (Å²) < 4.78 is 12.6. The molecule has 46 heavy (non-hydrogen) atoms. The Hall–Kier alpha value is -3.24. The summed E-state index contributed by atoms with van der Waals surface area (Å²) in [5.41, 5.74) is 5.04. The fourth-order valence-electron chi connectivity index (χ4n) is 7.65. The first-order chi connectivity index (χ1) is 21.4. The Balaban J connectivity index is 1.33. The summed E-state index contributed by atoms with van der Waals surface area (Å²) >= 11 is 0. The molecule has 3 saturated carbocycles. The van der Waals surface area contributed by atoms with Gasteiger partial charge in [-0.15, -0.1) is 0 Å². The summed E-state index contributed by atoms with van der Waals surface area (Å²) in [6.45, 7) is 12.7. The number of nitrogens with two attached hydrogens (primary N) is 1. The Kier molecular flexibility index (Phi) is 10.4. The van der Waals surface area contributed by atoms with Crippen LogP contribution < -0.4 is 27.0 Å². The van der Waals surface area contributed by atoms with Gasteiger partial charge in [-0.2, -0.15) is 0 Å². The summed E-state index contributed by atoms with van der Waals surface area (Å²) in [6, 6.07) is -4.78. The summed E-state index contributed by atoms with van der Waals surface area (Å²) in [5.74, 6) is -3.78. The predicted octanol–water partition coefficient (Wildman–Crippen LogP) is -1.50. The lowest BCUT2D eigenvalue weighted by atomic mass is 9.43. The first-order valence-electron chi connectivity index (χ1n) is 16.1. The number of rotatable bonds is 12. The largest absolute Gasteiger partial charge is 0.481 e. The SMILES string of the molecule is CC(=O)N1CCC[C@H]1C(=O)N[C@H](C(=O)N[C@@H](C)C(=O)N[C@@H](CC(N)=O)C(=O)N[C@@H](C)B1O[C@@H]2C[C@@H]3C[C@@H](C3(C)C)[C@]2(C)O1)[C@H](C)O. The highest BCUT2D eigenvalue weighted by Gasteiger charge is 2.68. The second-order valence-electron chi connectivity index (χ2n) is 14.2. The van der Waals surface area contributed by atoms with Crippen LogP contribution in [0.2, 0.25) is 0 Å². The fourth-order valence-corrected chi connectivity index (χ4v) is 7.65. The molecule has 5 aliphatic rings. The van der Waals surface area contributed by atoms with Crippen molar-refractivity contribution >= 4 is 42.6 Å². The number of aliphatic hydroxyl groups is 1. The van der Waals surface area contributed by atoms with E-state index in [1.54, 1.807) is 6.92 Å². The number of likely N-dealkylation sites (tertiary alicyclic amines) is 1. The third-order valence-electron chi connectivity index (χ3n) is 10.6. The normalized spacial score (nSPS) is 30.9. The van der Waals surface area contributed by atoms with Crippen LogP contribution >= 0.6 is 0 Å². The molecule has 6 amide bonds. The van der Waals surface area contributed by atoms with Crippen LogP contribution in [0.5, 0.6) is 0 Å². The monoisotopic (exact) mass is 648 g/mol. The summed E-state index contributed by atoms with van der Waals surface area (Å²) in [7, 11) is -0.725. The van der Waals surface area contributed by atoms with Crippen molar-refractivity contribution in [2.24, 2.45) is 23.0 Å². The van der Waals surface area contributed by atoms with Gasteiger partial charge in [-0.1, -0.05) is 13.8 Å². The van der Waals surface area contributed by atoms with Crippen LogP contribution in [0.15, 0.2) is 0 Å². The quantitative estimate of drug-likeness (QED) is 0.136. The molecule has 16 heteroatoms. The fraction of sp³-hybridized carbons (Fsp3) is 0.800. The van der Waals surface area contributed by atoms with Crippen molar-refractivity contribution in [2.75, 3.05) is 6.54 Å². The maximum Gasteiger partial charge on any atom is 0.481 e. The van der Waals surface area contributed by atoms with E-state index in [2.05, 4.69) is 42.0 Å². The third kappa shape index (κ3) is 7.03. The van der Waals surface area contributed by atoms with Crippen LogP contribution in [0.1, 0.15) is 80.6 Å². The van der Waals surface area contributed by atoms with E-state index in [9.17, 15) is 33.9 Å². The number of primary amides is 1. The first-order valence-corrected chi connectivity index (χ1v) is 16.1. The molecular formula is C30H49BN6O9. The topological polar surface area (TPSA) is 218 Å². The second-order valence-corrected chi connectivity index (χ2v) is 14.2. The van der Waals surface area contributed by atoms with E-state index in [-0.39, 0.29) is 17.4 Å². The van der Waals surface area contributed by atoms with Gasteiger partial charge >= 0.3 is 7.12 Å². The van der Waals surface area contributed by atoms with E-state index < -0.39 is 84.9 Å². The molecule has 3 aliphatic carbocycles. The van der Waals surface area contributed by atoms with Gasteiger partial charge in [-0.05, 0) is 70.6 Å². The van der Waals surface area contributed by atoms with Crippen molar-refractivity contribution in [3.63, 3.8) is 0 Å². The Bertz CT molecular complexity index is 1250. The molecule has 10 atom stereocenters. The summed E-state index contributed by atoms with van der Waals surface area (Å²) in [6.07, 6.45) is 1.05. The van der Waals surface area contributed by atoms with E-state index in [1.807, 2.05) is 0 Å². The Morgan fingerprint density at radius 3 is 2.24 bits per heavy atom. The molecular weight excluding hydrogens is 599 g/mol. The number of carbonyl (C=O) groups is 6. The van der Waals surface area contributed by atoms with Gasteiger partial charge < -0.3 is 46.3 Å². The van der Waals surface area contributed by atoms with Crippen molar-refractivity contribution < 1.29 is 43.2 Å². The van der Waals surface area contributed by atoms with E-state index >= 15 is 0 Å². The average molecular weight is 649 g/mol. The molecule has 0 aromatic carbocycles. The van der Waals surface area contributed by atoms with Crippen LogP contribution in [0.3, 0.4) is 0 Å². The third-order valence-corrected chi connectivity index (χ3v) is 10.6. The van der Waals surface area contributed by atoms with Crippen molar-refractivity contribution in [3.8, 4) is 0 Å². The van der Waals surface area contributed by atoms with E-state index in [4.69, 9.17) is 15.0 Å². The van der Waals surface area contributed by atoms with Gasteiger partial charge in [0.05, 0.1) is 30.2 Å². The minimum absolute atomic E-state index is 0.0966. The molecule has 0 aromatic rings. The molecule has 0 radical (unpaired) electrons. The number of aliphatic hydroxyl groups excluding tert-OH is 1. The van der Waals surface area contributed by atoms with Crippen molar-refractivity contribution in [2.45, 2.75) is 128 Å². The van der Waals surface area contributed by atoms with Crippen LogP contribution in [-0.4, -0.2) is 107 Å². The van der Waals surface area contributed by atoms with Crippen molar-refractivity contribution in [3.05, 3.63) is 0 Å². The molecule has 15 nitrogen and oxygen atoms in total. The molecule has 256 valence electrons. The van der Waals surface area contributed by atoms with Gasteiger partial charge in [0, 0.05) is 13.5 Å². The highest BCUT2D eigenvalue weighted by molar-refractivity contribution is 6.47. The molecule has 7 N–H and O–H groups in total. The molecule has 2 heterocycles. The first kappa shape index (κ1) is 35.6. The number of nitrogens with one attached hydrogen (secondary N) is 4. The van der Waals surface area contributed by atoms with Gasteiger partial charge in [0.25, 0.3) is 0 Å². The molecule has 5 fully saturated rings. The Morgan fingerprint density at radius 1 is 0.978 bits per heavy atom. The zero-order valence-electron chi connectivity index (χ0n) is 27.8. The maximum atomic E-state index is 13.3. The van der Waals surface area contributed by atoms with E-state index in [0.717, 1.165) is 12.8 Å². The molecule has 2 saturated heterocycles.